The number of carbonyl (C=O) groups is 5. The predicted molar refractivity (Wildman–Crippen MR) is 121 cm³/mol. The van der Waals surface area contributed by atoms with E-state index in [1.165, 1.54) is 26.2 Å². The number of esters is 3. The predicted octanol–water partition coefficient (Wildman–Crippen LogP) is 1.16. The zero-order valence-electron chi connectivity index (χ0n) is 21.1. The van der Waals surface area contributed by atoms with E-state index in [0.717, 1.165) is 6.42 Å². The Morgan fingerprint density at radius 2 is 1.26 bits per heavy atom. The maximum Gasteiger partial charge on any atom is 0.373 e. The van der Waals surface area contributed by atoms with Gasteiger partial charge in [-0.3, -0.25) is 24.0 Å². The quantitative estimate of drug-likeness (QED) is 0.173. The molecule has 0 radical (unpaired) electrons. The highest BCUT2D eigenvalue weighted by Crippen LogP contribution is 2.15. The van der Waals surface area contributed by atoms with Crippen molar-refractivity contribution in [3.8, 4) is 0 Å². The van der Waals surface area contributed by atoms with Crippen LogP contribution in [0.5, 0.6) is 0 Å². The zero-order chi connectivity index (χ0) is 27.1. The topological polar surface area (TPSA) is 162 Å². The molecule has 0 aliphatic rings. The Morgan fingerprint density at radius 3 is 1.74 bits per heavy atom. The second kappa shape index (κ2) is 22.5. The van der Waals surface area contributed by atoms with E-state index in [-0.39, 0.29) is 62.1 Å². The highest BCUT2D eigenvalue weighted by molar-refractivity contribution is 5.88. The van der Waals surface area contributed by atoms with Crippen molar-refractivity contribution in [3.05, 3.63) is 0 Å². The van der Waals surface area contributed by atoms with Crippen LogP contribution >= 0.6 is 0 Å². The molecule has 0 saturated carbocycles. The van der Waals surface area contributed by atoms with Crippen LogP contribution in [0.2, 0.25) is 0 Å². The molecule has 0 aromatic heterocycles. The summed E-state index contributed by atoms with van der Waals surface area (Å²) >= 11 is 0. The maximum absolute atomic E-state index is 12.9. The summed E-state index contributed by atoms with van der Waals surface area (Å²) in [6, 6.07) is -0.755. The molecule has 200 valence electrons. The number of carbonyl (C=O) groups excluding carboxylic acids is 7. The average molecular weight is 503 g/mol. The number of nitrogens with one attached hydrogen (secondary N) is 1. The van der Waals surface area contributed by atoms with E-state index in [2.05, 4.69) is 19.5 Å². The van der Waals surface area contributed by atoms with Crippen molar-refractivity contribution in [1.29, 1.82) is 0 Å². The number of unbranched alkanes of at least 4 members (excludes halogenated alkanes) is 1. The summed E-state index contributed by atoms with van der Waals surface area (Å²) in [5, 5.41) is 2.78. The van der Waals surface area contributed by atoms with Gasteiger partial charge in [0, 0.05) is 38.8 Å². The van der Waals surface area contributed by atoms with E-state index < -0.39 is 12.0 Å². The van der Waals surface area contributed by atoms with Crippen molar-refractivity contribution in [3.63, 3.8) is 0 Å². The average Bonchev–Trinajstić information content (AvgIpc) is 2.85. The molecule has 0 aromatic rings. The van der Waals surface area contributed by atoms with Gasteiger partial charge in [-0.25, -0.2) is 0 Å². The monoisotopic (exact) mass is 502 g/mol. The van der Waals surface area contributed by atoms with Crippen molar-refractivity contribution < 1.29 is 47.8 Å². The van der Waals surface area contributed by atoms with Gasteiger partial charge in [0.1, 0.15) is 6.04 Å². The van der Waals surface area contributed by atoms with Gasteiger partial charge in [-0.05, 0) is 32.1 Å². The van der Waals surface area contributed by atoms with Crippen LogP contribution in [0.25, 0.3) is 0 Å². The third kappa shape index (κ3) is 17.8. The van der Waals surface area contributed by atoms with E-state index in [1.807, 2.05) is 6.92 Å². The minimum absolute atomic E-state index is 0.113. The van der Waals surface area contributed by atoms with Crippen LogP contribution in [0.3, 0.4) is 0 Å². The van der Waals surface area contributed by atoms with Crippen molar-refractivity contribution >= 4 is 35.9 Å². The standard InChI is InChI=1S/C22H38N2O8.CO2/c1-5-6-16-24(18(25)11-8-13-20(27)31-3)17(10-7-12-19(26)30-2)22(29)23-15-9-14-21(28)32-4;2-1-3/h17H,5-16H2,1-4H3,(H,23,29);. The molecular formula is C23H38N2O10. The highest BCUT2D eigenvalue weighted by Gasteiger charge is 2.29. The van der Waals surface area contributed by atoms with Crippen LogP contribution in [0, 0.1) is 0 Å². The molecule has 0 aliphatic carbocycles. The molecule has 2 amide bonds. The number of amides is 2. The largest absolute Gasteiger partial charge is 0.469 e. The van der Waals surface area contributed by atoms with Gasteiger partial charge in [0.2, 0.25) is 11.8 Å². The van der Waals surface area contributed by atoms with Gasteiger partial charge in [-0.2, -0.15) is 9.59 Å². The van der Waals surface area contributed by atoms with Gasteiger partial charge in [0.15, 0.2) is 0 Å². The molecule has 1 N–H and O–H groups in total. The molecular weight excluding hydrogens is 464 g/mol. The Balaban J connectivity index is 0. The second-order valence-corrected chi connectivity index (χ2v) is 7.41. The molecule has 35 heavy (non-hydrogen) atoms. The van der Waals surface area contributed by atoms with Gasteiger partial charge >= 0.3 is 24.1 Å². The number of nitrogens with zero attached hydrogens (tertiary/aromatic N) is 1. The molecule has 0 aromatic carbocycles. The number of methoxy groups -OCH3 is 3. The third-order valence-corrected chi connectivity index (χ3v) is 4.92. The summed E-state index contributed by atoms with van der Waals surface area (Å²) in [6.07, 6.45) is 3.76. The van der Waals surface area contributed by atoms with Gasteiger partial charge in [0.25, 0.3) is 0 Å². The minimum atomic E-state index is -0.755. The molecule has 0 saturated heterocycles. The minimum Gasteiger partial charge on any atom is -0.469 e. The lowest BCUT2D eigenvalue weighted by Gasteiger charge is -2.31. The fraction of sp³-hybridized carbons (Fsp3) is 0.739. The summed E-state index contributed by atoms with van der Waals surface area (Å²) in [6.45, 7) is 2.64. The SMILES string of the molecule is CCCCN(C(=O)CCCC(=O)OC)C(CCCC(=O)OC)C(=O)NCCCC(=O)OC.O=C=O. The van der Waals surface area contributed by atoms with Crippen molar-refractivity contribution in [1.82, 2.24) is 10.2 Å². The molecule has 1 atom stereocenters. The molecule has 12 nitrogen and oxygen atoms in total. The first-order chi connectivity index (χ1) is 16.7. The van der Waals surface area contributed by atoms with E-state index in [9.17, 15) is 24.0 Å². The fourth-order valence-corrected chi connectivity index (χ4v) is 3.05. The lowest BCUT2D eigenvalue weighted by atomic mass is 10.0. The molecule has 0 bridgehead atoms. The first-order valence-corrected chi connectivity index (χ1v) is 11.5. The number of hydrogen-bond acceptors (Lipinski definition) is 10. The Hall–Kier alpha value is -3.27. The summed E-state index contributed by atoms with van der Waals surface area (Å²) < 4.78 is 13.8. The van der Waals surface area contributed by atoms with E-state index in [1.54, 1.807) is 0 Å². The summed E-state index contributed by atoms with van der Waals surface area (Å²) in [7, 11) is 3.89. The highest BCUT2D eigenvalue weighted by atomic mass is 16.5. The van der Waals surface area contributed by atoms with Crippen LogP contribution in [0.1, 0.15) is 71.1 Å². The Kier molecular flexibility index (Phi) is 21.8. The Bertz CT molecular complexity index is 690. The van der Waals surface area contributed by atoms with E-state index >= 15 is 0 Å². The van der Waals surface area contributed by atoms with Crippen LogP contribution in [-0.2, 0) is 47.8 Å². The number of rotatable bonds is 17. The first kappa shape index (κ1) is 33.9. The van der Waals surface area contributed by atoms with Crippen LogP contribution in [-0.4, -0.2) is 81.2 Å². The van der Waals surface area contributed by atoms with E-state index in [4.69, 9.17) is 9.59 Å². The molecule has 12 heteroatoms. The first-order valence-electron chi connectivity index (χ1n) is 11.5. The van der Waals surface area contributed by atoms with Crippen LogP contribution in [0.4, 0.5) is 0 Å². The smallest absolute Gasteiger partial charge is 0.373 e. The maximum atomic E-state index is 12.9. The van der Waals surface area contributed by atoms with Crippen LogP contribution in [0.15, 0.2) is 0 Å². The molecule has 0 spiro atoms. The summed E-state index contributed by atoms with van der Waals surface area (Å²) in [4.78, 5) is 77.7. The Morgan fingerprint density at radius 1 is 0.771 bits per heavy atom. The van der Waals surface area contributed by atoms with Crippen molar-refractivity contribution in [2.24, 2.45) is 0 Å². The van der Waals surface area contributed by atoms with Crippen molar-refractivity contribution in [2.75, 3.05) is 34.4 Å². The molecule has 0 aliphatic heterocycles. The lowest BCUT2D eigenvalue weighted by molar-refractivity contribution is -0.191. The van der Waals surface area contributed by atoms with Crippen LogP contribution < -0.4 is 5.32 Å². The summed E-state index contributed by atoms with van der Waals surface area (Å²) in [5.74, 6) is -1.70. The van der Waals surface area contributed by atoms with Gasteiger partial charge in [0.05, 0.1) is 21.3 Å². The Labute approximate surface area is 206 Å². The molecule has 1 unspecified atom stereocenters. The third-order valence-electron chi connectivity index (χ3n) is 4.92. The molecule has 0 rings (SSSR count). The molecule has 0 fully saturated rings. The normalized spacial score (nSPS) is 10.5. The fourth-order valence-electron chi connectivity index (χ4n) is 3.05. The van der Waals surface area contributed by atoms with Crippen molar-refractivity contribution in [2.45, 2.75) is 77.2 Å². The zero-order valence-corrected chi connectivity index (χ0v) is 21.1. The van der Waals surface area contributed by atoms with Gasteiger partial charge in [-0.1, -0.05) is 13.3 Å². The lowest BCUT2D eigenvalue weighted by Crippen LogP contribution is -2.50. The van der Waals surface area contributed by atoms with E-state index in [0.29, 0.717) is 38.6 Å². The second-order valence-electron chi connectivity index (χ2n) is 7.41. The van der Waals surface area contributed by atoms with Gasteiger partial charge in [-0.15, -0.1) is 0 Å². The molecule has 0 heterocycles. The number of ether oxygens (including phenoxy) is 3. The summed E-state index contributed by atoms with van der Waals surface area (Å²) in [5.41, 5.74) is 0. The van der Waals surface area contributed by atoms with Gasteiger partial charge < -0.3 is 24.4 Å². The number of hydrogen-bond donors (Lipinski definition) is 1.